The number of rotatable bonds is 7. The van der Waals surface area contributed by atoms with Gasteiger partial charge in [-0.2, -0.15) is 5.10 Å². The van der Waals surface area contributed by atoms with Gasteiger partial charge in [-0.05, 0) is 23.8 Å². The summed E-state index contributed by atoms with van der Waals surface area (Å²) >= 11 is 0. The Morgan fingerprint density at radius 3 is 2.59 bits per heavy atom. The number of aromatic amines is 1. The maximum absolute atomic E-state index is 13.4. The molecule has 1 fully saturated rings. The molecule has 39 heavy (non-hydrogen) atoms. The number of nitrogens with one attached hydrogen (secondary N) is 1. The maximum Gasteiger partial charge on any atom is 0.407 e. The second kappa shape index (κ2) is 10.6. The smallest absolute Gasteiger partial charge is 0.407 e. The number of nitrogens with zero attached hydrogens (tertiary/aromatic N) is 3. The topological polar surface area (TPSA) is 108 Å². The third-order valence-electron chi connectivity index (χ3n) is 7.18. The molecule has 198 valence electrons. The molecule has 0 atom stereocenters. The van der Waals surface area contributed by atoms with Gasteiger partial charge in [-0.1, -0.05) is 48.5 Å². The zero-order chi connectivity index (χ0) is 26.8. The SMILES string of the molecule is O=C1C(=Cc2n[nH]c3ccccc23)Oc2c1ccc(OCCc1ccccc1)c2CN1CCN(C(=O)O)CC1. The van der Waals surface area contributed by atoms with Crippen molar-refractivity contribution in [3.8, 4) is 11.5 Å². The van der Waals surface area contributed by atoms with E-state index < -0.39 is 6.09 Å². The third kappa shape index (κ3) is 5.08. The lowest BCUT2D eigenvalue weighted by Gasteiger charge is -2.33. The second-order valence-electron chi connectivity index (χ2n) is 9.64. The van der Waals surface area contributed by atoms with E-state index in [2.05, 4.69) is 27.2 Å². The van der Waals surface area contributed by atoms with Crippen LogP contribution in [0, 0.1) is 0 Å². The molecule has 3 aromatic carbocycles. The molecule has 0 saturated carbocycles. The summed E-state index contributed by atoms with van der Waals surface area (Å²) in [6.45, 7) is 2.95. The number of Topliss-reactive ketones (excluding diaryl/α,β-unsaturated/α-hetero) is 1. The normalized spacial score (nSPS) is 16.5. The van der Waals surface area contributed by atoms with E-state index >= 15 is 0 Å². The molecule has 1 amide bonds. The number of fused-ring (bicyclic) bond motifs is 2. The summed E-state index contributed by atoms with van der Waals surface area (Å²) in [6.07, 6.45) is 1.51. The zero-order valence-corrected chi connectivity index (χ0v) is 21.3. The van der Waals surface area contributed by atoms with Crippen molar-refractivity contribution in [2.75, 3.05) is 32.8 Å². The fourth-order valence-corrected chi connectivity index (χ4v) is 5.04. The average molecular weight is 525 g/mol. The van der Waals surface area contributed by atoms with Gasteiger partial charge >= 0.3 is 6.09 Å². The van der Waals surface area contributed by atoms with Crippen LogP contribution in [0.4, 0.5) is 4.79 Å². The summed E-state index contributed by atoms with van der Waals surface area (Å²) in [5.74, 6) is 1.15. The lowest BCUT2D eigenvalue weighted by molar-refractivity contribution is 0.101. The number of piperazine rings is 1. The Morgan fingerprint density at radius 2 is 1.79 bits per heavy atom. The highest BCUT2D eigenvalue weighted by Crippen LogP contribution is 2.41. The van der Waals surface area contributed by atoms with Crippen LogP contribution in [0.3, 0.4) is 0 Å². The lowest BCUT2D eigenvalue weighted by atomic mass is 10.0. The largest absolute Gasteiger partial charge is 0.493 e. The molecule has 0 unspecified atom stereocenters. The first kappa shape index (κ1) is 24.7. The molecule has 0 radical (unpaired) electrons. The fraction of sp³-hybridized carbons (Fsp3) is 0.233. The number of allylic oxidation sites excluding steroid dienone is 1. The molecule has 4 aromatic rings. The molecular weight excluding hydrogens is 496 g/mol. The van der Waals surface area contributed by atoms with Crippen molar-refractivity contribution >= 4 is 28.9 Å². The monoisotopic (exact) mass is 524 g/mol. The Labute approximate surface area is 225 Å². The predicted octanol–water partition coefficient (Wildman–Crippen LogP) is 4.60. The number of hydrogen-bond donors (Lipinski definition) is 2. The number of H-pyrrole nitrogens is 1. The molecule has 2 N–H and O–H groups in total. The Balaban J connectivity index is 1.28. The van der Waals surface area contributed by atoms with Gasteiger partial charge < -0.3 is 19.5 Å². The van der Waals surface area contributed by atoms with E-state index in [0.717, 1.165) is 22.9 Å². The molecular formula is C30H28N4O5. The number of ketones is 1. The number of amides is 1. The first-order valence-corrected chi connectivity index (χ1v) is 13.0. The first-order valence-electron chi connectivity index (χ1n) is 13.0. The Bertz CT molecular complexity index is 1550. The lowest BCUT2D eigenvalue weighted by Crippen LogP contribution is -2.47. The molecule has 9 heteroatoms. The van der Waals surface area contributed by atoms with Crippen molar-refractivity contribution < 1.29 is 24.2 Å². The van der Waals surface area contributed by atoms with E-state index in [1.807, 2.05) is 48.5 Å². The summed E-state index contributed by atoms with van der Waals surface area (Å²) in [6, 6.07) is 21.4. The highest BCUT2D eigenvalue weighted by Gasteiger charge is 2.33. The van der Waals surface area contributed by atoms with Crippen molar-refractivity contribution in [2.24, 2.45) is 0 Å². The van der Waals surface area contributed by atoms with Crippen LogP contribution in [0.5, 0.6) is 11.5 Å². The van der Waals surface area contributed by atoms with Crippen LogP contribution < -0.4 is 9.47 Å². The number of para-hydroxylation sites is 1. The van der Waals surface area contributed by atoms with Crippen LogP contribution >= 0.6 is 0 Å². The molecule has 0 spiro atoms. The number of carbonyl (C=O) groups is 2. The van der Waals surface area contributed by atoms with Crippen molar-refractivity contribution in [1.29, 1.82) is 0 Å². The Morgan fingerprint density at radius 1 is 1.03 bits per heavy atom. The molecule has 0 bridgehead atoms. The standard InChI is InChI=1S/C30H28N4O5/c35-28-22-10-11-26(38-17-12-20-6-2-1-3-7-20)23(19-33-13-15-34(16-14-33)30(36)37)29(22)39-27(28)18-25-21-8-4-5-9-24(21)31-32-25/h1-11,18H,12-17,19H2,(H,31,32)(H,36,37). The van der Waals surface area contributed by atoms with Crippen LogP contribution in [0.25, 0.3) is 17.0 Å². The fourth-order valence-electron chi connectivity index (χ4n) is 5.04. The number of hydrogen-bond acceptors (Lipinski definition) is 6. The highest BCUT2D eigenvalue weighted by atomic mass is 16.5. The van der Waals surface area contributed by atoms with Gasteiger partial charge in [-0.25, -0.2) is 4.79 Å². The van der Waals surface area contributed by atoms with Gasteiger partial charge in [0.05, 0.1) is 28.9 Å². The van der Waals surface area contributed by atoms with Gasteiger partial charge in [-0.15, -0.1) is 0 Å². The summed E-state index contributed by atoms with van der Waals surface area (Å²) in [4.78, 5) is 28.3. The predicted molar refractivity (Wildman–Crippen MR) is 146 cm³/mol. The molecule has 2 aliphatic rings. The van der Waals surface area contributed by atoms with Crippen LogP contribution in [0.1, 0.15) is 27.2 Å². The second-order valence-corrected chi connectivity index (χ2v) is 9.64. The van der Waals surface area contributed by atoms with E-state index in [-0.39, 0.29) is 11.5 Å². The third-order valence-corrected chi connectivity index (χ3v) is 7.18. The zero-order valence-electron chi connectivity index (χ0n) is 21.3. The summed E-state index contributed by atoms with van der Waals surface area (Å²) in [5, 5.41) is 17.6. The molecule has 6 rings (SSSR count). The average Bonchev–Trinajstić information content (AvgIpc) is 3.51. The molecule has 3 heterocycles. The van der Waals surface area contributed by atoms with E-state index in [0.29, 0.717) is 62.1 Å². The van der Waals surface area contributed by atoms with Crippen molar-refractivity contribution in [2.45, 2.75) is 13.0 Å². The minimum atomic E-state index is -0.908. The Hall–Kier alpha value is -4.63. The summed E-state index contributed by atoms with van der Waals surface area (Å²) in [7, 11) is 0. The van der Waals surface area contributed by atoms with E-state index in [4.69, 9.17) is 9.47 Å². The van der Waals surface area contributed by atoms with Gasteiger partial charge in [0.2, 0.25) is 5.78 Å². The first-order chi connectivity index (χ1) is 19.1. The number of carboxylic acid groups (broad SMARTS) is 1. The minimum Gasteiger partial charge on any atom is -0.493 e. The van der Waals surface area contributed by atoms with E-state index in [1.54, 1.807) is 12.1 Å². The van der Waals surface area contributed by atoms with Crippen molar-refractivity contribution in [3.63, 3.8) is 0 Å². The van der Waals surface area contributed by atoms with Gasteiger partial charge in [-0.3, -0.25) is 14.8 Å². The molecule has 1 saturated heterocycles. The molecule has 2 aliphatic heterocycles. The highest BCUT2D eigenvalue weighted by molar-refractivity contribution is 6.15. The number of aromatic nitrogens is 2. The van der Waals surface area contributed by atoms with Crippen molar-refractivity contribution in [3.05, 3.63) is 94.9 Å². The van der Waals surface area contributed by atoms with Gasteiger partial charge in [0.1, 0.15) is 11.5 Å². The Kier molecular flexibility index (Phi) is 6.73. The summed E-state index contributed by atoms with van der Waals surface area (Å²) < 4.78 is 12.5. The van der Waals surface area contributed by atoms with E-state index in [9.17, 15) is 14.7 Å². The van der Waals surface area contributed by atoms with Gasteiger partial charge in [0, 0.05) is 50.6 Å². The van der Waals surface area contributed by atoms with E-state index in [1.165, 1.54) is 10.5 Å². The van der Waals surface area contributed by atoms with Crippen LogP contribution in [-0.2, 0) is 13.0 Å². The van der Waals surface area contributed by atoms with Gasteiger partial charge in [0.15, 0.2) is 5.76 Å². The molecule has 9 nitrogen and oxygen atoms in total. The van der Waals surface area contributed by atoms with Crippen molar-refractivity contribution in [1.82, 2.24) is 20.0 Å². The molecule has 0 aliphatic carbocycles. The van der Waals surface area contributed by atoms with Crippen LogP contribution in [0.15, 0.2) is 72.5 Å². The molecule has 1 aromatic heterocycles. The summed E-state index contributed by atoms with van der Waals surface area (Å²) in [5.41, 5.74) is 3.95. The number of ether oxygens (including phenoxy) is 2. The maximum atomic E-state index is 13.4. The van der Waals surface area contributed by atoms with Crippen LogP contribution in [-0.4, -0.2) is 69.8 Å². The quantitative estimate of drug-likeness (QED) is 0.340. The number of carbonyl (C=O) groups excluding carboxylic acids is 1. The van der Waals surface area contributed by atoms with Crippen LogP contribution in [0.2, 0.25) is 0 Å². The number of benzene rings is 3. The van der Waals surface area contributed by atoms with Gasteiger partial charge in [0.25, 0.3) is 0 Å². The minimum absolute atomic E-state index is 0.204.